The Bertz CT molecular complexity index is 537. The lowest BCUT2D eigenvalue weighted by molar-refractivity contribution is 0.303. The molecule has 2 aromatic rings. The van der Waals surface area contributed by atoms with Crippen LogP contribution in [0.3, 0.4) is 0 Å². The fourth-order valence-electron chi connectivity index (χ4n) is 1.73. The van der Waals surface area contributed by atoms with E-state index in [9.17, 15) is 0 Å². The summed E-state index contributed by atoms with van der Waals surface area (Å²) in [5, 5.41) is 4.16. The molecular weight excluding hydrogens is 244 g/mol. The monoisotopic (exact) mass is 262 g/mol. The number of hydrogen-bond acceptors (Lipinski definition) is 4. The molecule has 0 atom stereocenters. The Kier molecular flexibility index (Phi) is 4.28. The van der Waals surface area contributed by atoms with Crippen LogP contribution in [0.5, 0.6) is 17.2 Å². The number of benzene rings is 1. The summed E-state index contributed by atoms with van der Waals surface area (Å²) < 4.78 is 17.9. The summed E-state index contributed by atoms with van der Waals surface area (Å²) in [5.41, 5.74) is 1.02. The molecule has 0 spiro atoms. The summed E-state index contributed by atoms with van der Waals surface area (Å²) in [7, 11) is 3.24. The largest absolute Gasteiger partial charge is 0.493 e. The van der Waals surface area contributed by atoms with Crippen LogP contribution in [0.4, 0.5) is 0 Å². The minimum atomic E-state index is 0.468. The average Bonchev–Trinajstić information content (AvgIpc) is 2.92. The maximum atomic E-state index is 5.67. The Hall–Kier alpha value is -2.17. The minimum Gasteiger partial charge on any atom is -0.493 e. The molecule has 1 heterocycles. The summed E-state index contributed by atoms with van der Waals surface area (Å²) in [6.45, 7) is 3.33. The zero-order chi connectivity index (χ0) is 13.7. The predicted molar refractivity (Wildman–Crippen MR) is 71.8 cm³/mol. The van der Waals surface area contributed by atoms with Crippen LogP contribution in [-0.2, 0) is 13.2 Å². The van der Waals surface area contributed by atoms with E-state index in [1.165, 1.54) is 0 Å². The first kappa shape index (κ1) is 13.3. The van der Waals surface area contributed by atoms with Crippen molar-refractivity contribution in [1.82, 2.24) is 9.78 Å². The lowest BCUT2D eigenvalue weighted by atomic mass is 10.2. The van der Waals surface area contributed by atoms with Crippen LogP contribution in [0.1, 0.15) is 12.5 Å². The molecule has 0 aliphatic carbocycles. The van der Waals surface area contributed by atoms with Crippen molar-refractivity contribution in [3.05, 3.63) is 36.2 Å². The van der Waals surface area contributed by atoms with Gasteiger partial charge in [0.15, 0.2) is 17.2 Å². The second-order valence-electron chi connectivity index (χ2n) is 4.01. The standard InChI is InChI=1S/C14H18N2O3/c1-4-16-9-12(8-15-16)19-10-11-5-6-13(17-2)14(7-11)18-3/h5-9H,4,10H2,1-3H3. The number of methoxy groups -OCH3 is 2. The summed E-state index contributed by atoms with van der Waals surface area (Å²) >= 11 is 0. The maximum Gasteiger partial charge on any atom is 0.161 e. The molecule has 1 aromatic carbocycles. The van der Waals surface area contributed by atoms with Gasteiger partial charge in [0.05, 0.1) is 26.6 Å². The van der Waals surface area contributed by atoms with E-state index in [-0.39, 0.29) is 0 Å². The fourth-order valence-corrected chi connectivity index (χ4v) is 1.73. The Morgan fingerprint density at radius 1 is 1.16 bits per heavy atom. The highest BCUT2D eigenvalue weighted by atomic mass is 16.5. The van der Waals surface area contributed by atoms with Crippen LogP contribution in [-0.4, -0.2) is 24.0 Å². The molecule has 2 rings (SSSR count). The van der Waals surface area contributed by atoms with Gasteiger partial charge in [0, 0.05) is 6.54 Å². The van der Waals surface area contributed by atoms with Gasteiger partial charge in [-0.3, -0.25) is 4.68 Å². The Labute approximate surface area is 112 Å². The van der Waals surface area contributed by atoms with Crippen molar-refractivity contribution in [3.63, 3.8) is 0 Å². The van der Waals surface area contributed by atoms with E-state index < -0.39 is 0 Å². The molecule has 0 aliphatic rings. The van der Waals surface area contributed by atoms with Crippen LogP contribution < -0.4 is 14.2 Å². The number of ether oxygens (including phenoxy) is 3. The smallest absolute Gasteiger partial charge is 0.161 e. The molecule has 1 aromatic heterocycles. The fraction of sp³-hybridized carbons (Fsp3) is 0.357. The third-order valence-corrected chi connectivity index (χ3v) is 2.79. The SMILES string of the molecule is CCn1cc(OCc2ccc(OC)c(OC)c2)cn1. The number of aryl methyl sites for hydroxylation is 1. The van der Waals surface area contributed by atoms with Gasteiger partial charge in [-0.15, -0.1) is 0 Å². The number of aromatic nitrogens is 2. The van der Waals surface area contributed by atoms with E-state index in [0.29, 0.717) is 18.1 Å². The summed E-state index contributed by atoms with van der Waals surface area (Å²) in [6, 6.07) is 5.72. The van der Waals surface area contributed by atoms with Crippen molar-refractivity contribution in [2.45, 2.75) is 20.1 Å². The van der Waals surface area contributed by atoms with Gasteiger partial charge < -0.3 is 14.2 Å². The molecule has 0 saturated carbocycles. The first-order valence-corrected chi connectivity index (χ1v) is 6.13. The van der Waals surface area contributed by atoms with Gasteiger partial charge in [-0.1, -0.05) is 6.07 Å². The van der Waals surface area contributed by atoms with Crippen molar-refractivity contribution in [3.8, 4) is 17.2 Å². The quantitative estimate of drug-likeness (QED) is 0.802. The number of nitrogens with zero attached hydrogens (tertiary/aromatic N) is 2. The van der Waals surface area contributed by atoms with Crippen LogP contribution in [0, 0.1) is 0 Å². The van der Waals surface area contributed by atoms with Gasteiger partial charge in [-0.25, -0.2) is 0 Å². The van der Waals surface area contributed by atoms with Gasteiger partial charge in [-0.2, -0.15) is 5.10 Å². The van der Waals surface area contributed by atoms with E-state index in [4.69, 9.17) is 14.2 Å². The summed E-state index contributed by atoms with van der Waals surface area (Å²) in [6.07, 6.45) is 3.59. The zero-order valence-corrected chi connectivity index (χ0v) is 11.4. The normalized spacial score (nSPS) is 10.3. The average molecular weight is 262 g/mol. The molecule has 0 amide bonds. The highest BCUT2D eigenvalue weighted by Gasteiger charge is 2.05. The van der Waals surface area contributed by atoms with E-state index >= 15 is 0 Å². The third kappa shape index (κ3) is 3.19. The molecule has 0 radical (unpaired) electrons. The molecule has 0 fully saturated rings. The Balaban J connectivity index is 2.03. The predicted octanol–water partition coefficient (Wildman–Crippen LogP) is 2.50. The number of hydrogen-bond donors (Lipinski definition) is 0. The van der Waals surface area contributed by atoms with Gasteiger partial charge in [0.2, 0.25) is 0 Å². The van der Waals surface area contributed by atoms with Crippen LogP contribution in [0.15, 0.2) is 30.6 Å². The second kappa shape index (κ2) is 6.13. The molecular formula is C14H18N2O3. The molecule has 5 nitrogen and oxygen atoms in total. The first-order valence-electron chi connectivity index (χ1n) is 6.13. The van der Waals surface area contributed by atoms with Crippen LogP contribution in [0.2, 0.25) is 0 Å². The van der Waals surface area contributed by atoms with Gasteiger partial charge in [-0.05, 0) is 24.6 Å². The summed E-state index contributed by atoms with van der Waals surface area (Å²) in [5.74, 6) is 2.18. The van der Waals surface area contributed by atoms with Crippen LogP contribution >= 0.6 is 0 Å². The molecule has 0 saturated heterocycles. The highest BCUT2D eigenvalue weighted by molar-refractivity contribution is 5.42. The first-order chi connectivity index (χ1) is 9.26. The second-order valence-corrected chi connectivity index (χ2v) is 4.01. The van der Waals surface area contributed by atoms with Crippen LogP contribution in [0.25, 0.3) is 0 Å². The van der Waals surface area contributed by atoms with Gasteiger partial charge in [0.25, 0.3) is 0 Å². The molecule has 0 N–H and O–H groups in total. The molecule has 19 heavy (non-hydrogen) atoms. The Morgan fingerprint density at radius 3 is 2.58 bits per heavy atom. The van der Waals surface area contributed by atoms with Crippen molar-refractivity contribution in [2.75, 3.05) is 14.2 Å². The minimum absolute atomic E-state index is 0.468. The van der Waals surface area contributed by atoms with Crippen molar-refractivity contribution in [2.24, 2.45) is 0 Å². The molecule has 5 heteroatoms. The van der Waals surface area contributed by atoms with E-state index in [1.54, 1.807) is 20.4 Å². The maximum absolute atomic E-state index is 5.67. The van der Waals surface area contributed by atoms with Crippen molar-refractivity contribution < 1.29 is 14.2 Å². The van der Waals surface area contributed by atoms with E-state index in [0.717, 1.165) is 17.9 Å². The van der Waals surface area contributed by atoms with E-state index in [2.05, 4.69) is 5.10 Å². The van der Waals surface area contributed by atoms with Gasteiger partial charge >= 0.3 is 0 Å². The molecule has 102 valence electrons. The molecule has 0 bridgehead atoms. The molecule has 0 unspecified atom stereocenters. The Morgan fingerprint density at radius 2 is 1.95 bits per heavy atom. The van der Waals surface area contributed by atoms with Gasteiger partial charge in [0.1, 0.15) is 6.61 Å². The topological polar surface area (TPSA) is 45.5 Å². The zero-order valence-electron chi connectivity index (χ0n) is 11.4. The summed E-state index contributed by atoms with van der Waals surface area (Å²) in [4.78, 5) is 0. The number of rotatable bonds is 6. The lowest BCUT2D eigenvalue weighted by Gasteiger charge is -2.09. The van der Waals surface area contributed by atoms with E-state index in [1.807, 2.05) is 36.0 Å². The highest BCUT2D eigenvalue weighted by Crippen LogP contribution is 2.27. The lowest BCUT2D eigenvalue weighted by Crippen LogP contribution is -1.97. The third-order valence-electron chi connectivity index (χ3n) is 2.79. The van der Waals surface area contributed by atoms with Crippen molar-refractivity contribution >= 4 is 0 Å². The molecule has 0 aliphatic heterocycles. The van der Waals surface area contributed by atoms with Crippen molar-refractivity contribution in [1.29, 1.82) is 0 Å².